The number of thiophene rings is 1. The highest BCUT2D eigenvalue weighted by molar-refractivity contribution is 7.10. The molecule has 13 heavy (non-hydrogen) atoms. The van der Waals surface area contributed by atoms with E-state index in [0.717, 1.165) is 4.88 Å². The lowest BCUT2D eigenvalue weighted by Gasteiger charge is -2.19. The van der Waals surface area contributed by atoms with Gasteiger partial charge in [-0.05, 0) is 23.9 Å². The summed E-state index contributed by atoms with van der Waals surface area (Å²) in [5, 5.41) is 11.0. The number of rotatable bonds is 4. The first-order chi connectivity index (χ1) is 6.19. The Morgan fingerprint density at radius 2 is 2.38 bits per heavy atom. The van der Waals surface area contributed by atoms with Crippen molar-refractivity contribution >= 4 is 11.3 Å². The van der Waals surface area contributed by atoms with Crippen LogP contribution >= 0.6 is 11.3 Å². The van der Waals surface area contributed by atoms with Crippen LogP contribution in [0.3, 0.4) is 0 Å². The summed E-state index contributed by atoms with van der Waals surface area (Å²) < 4.78 is 5.23. The van der Waals surface area contributed by atoms with Gasteiger partial charge in [0.2, 0.25) is 0 Å². The fourth-order valence-electron chi connectivity index (χ4n) is 1.20. The molecule has 0 saturated carbocycles. The van der Waals surface area contributed by atoms with Crippen LogP contribution in [0.5, 0.6) is 0 Å². The summed E-state index contributed by atoms with van der Waals surface area (Å²) in [5.74, 6) is 0. The molecule has 1 aromatic rings. The molecule has 2 atom stereocenters. The summed E-state index contributed by atoms with van der Waals surface area (Å²) in [6.07, 6.45) is -0.191. The molecule has 0 saturated heterocycles. The first-order valence-corrected chi connectivity index (χ1v) is 5.01. The van der Waals surface area contributed by atoms with Gasteiger partial charge in [0.15, 0.2) is 0 Å². The molecule has 0 aliphatic heterocycles. The molecule has 3 N–H and O–H groups in total. The van der Waals surface area contributed by atoms with Crippen LogP contribution in [0.25, 0.3) is 0 Å². The third-order valence-electron chi connectivity index (χ3n) is 1.88. The maximum Gasteiger partial charge on any atom is 0.109 e. The van der Waals surface area contributed by atoms with E-state index in [0.29, 0.717) is 0 Å². The molecule has 0 fully saturated rings. The Bertz CT molecular complexity index is 262. The summed E-state index contributed by atoms with van der Waals surface area (Å²) in [4.78, 5) is 1.07. The number of methoxy groups -OCH3 is 1. The van der Waals surface area contributed by atoms with Gasteiger partial charge < -0.3 is 15.6 Å². The van der Waals surface area contributed by atoms with E-state index in [1.165, 1.54) is 5.56 Å². The number of hydrogen-bond acceptors (Lipinski definition) is 4. The summed E-state index contributed by atoms with van der Waals surface area (Å²) in [6, 6.07) is 1.69. The fourth-order valence-corrected chi connectivity index (χ4v) is 2.25. The second-order valence-corrected chi connectivity index (χ2v) is 3.97. The molecule has 0 spiro atoms. The molecule has 4 heteroatoms. The Morgan fingerprint density at radius 1 is 1.69 bits per heavy atom. The van der Waals surface area contributed by atoms with Gasteiger partial charge in [-0.2, -0.15) is 0 Å². The van der Waals surface area contributed by atoms with Crippen molar-refractivity contribution in [2.45, 2.75) is 19.1 Å². The molecule has 1 heterocycles. The van der Waals surface area contributed by atoms with Crippen molar-refractivity contribution in [3.05, 3.63) is 21.9 Å². The summed E-state index contributed by atoms with van der Waals surface area (Å²) in [7, 11) is 1.61. The summed E-state index contributed by atoms with van der Waals surface area (Å²) >= 11 is 1.61. The van der Waals surface area contributed by atoms with Gasteiger partial charge >= 0.3 is 0 Å². The zero-order chi connectivity index (χ0) is 9.84. The van der Waals surface area contributed by atoms with E-state index in [1.54, 1.807) is 18.4 Å². The van der Waals surface area contributed by atoms with Crippen molar-refractivity contribution in [3.8, 4) is 0 Å². The number of nitrogens with two attached hydrogens (primary N) is 1. The maximum absolute atomic E-state index is 8.90. The average Bonchev–Trinajstić information content (AvgIpc) is 2.53. The van der Waals surface area contributed by atoms with Crippen LogP contribution in [0.2, 0.25) is 0 Å². The number of ether oxygens (including phenoxy) is 1. The Balaban J connectivity index is 2.77. The van der Waals surface area contributed by atoms with Gasteiger partial charge in [0.25, 0.3) is 0 Å². The second kappa shape index (κ2) is 4.72. The smallest absolute Gasteiger partial charge is 0.109 e. The van der Waals surface area contributed by atoms with Crippen molar-refractivity contribution in [2.24, 2.45) is 5.73 Å². The molecule has 0 bridgehead atoms. The van der Waals surface area contributed by atoms with Gasteiger partial charge in [0.1, 0.15) is 6.10 Å². The van der Waals surface area contributed by atoms with Crippen molar-refractivity contribution < 1.29 is 9.84 Å². The lowest BCUT2D eigenvalue weighted by atomic mass is 10.1. The highest BCUT2D eigenvalue weighted by Crippen LogP contribution is 2.26. The fraction of sp³-hybridized carbons (Fsp3) is 0.556. The van der Waals surface area contributed by atoms with Crippen molar-refractivity contribution in [1.29, 1.82) is 0 Å². The minimum Gasteiger partial charge on any atom is -0.395 e. The molecule has 1 rings (SSSR count). The van der Waals surface area contributed by atoms with Gasteiger partial charge in [0.05, 0.1) is 12.6 Å². The Morgan fingerprint density at radius 3 is 2.77 bits per heavy atom. The van der Waals surface area contributed by atoms with Crippen LogP contribution in [0.15, 0.2) is 11.4 Å². The summed E-state index contributed by atoms with van der Waals surface area (Å²) in [5.41, 5.74) is 6.90. The molecule has 0 radical (unpaired) electrons. The van der Waals surface area contributed by atoms with Crippen LogP contribution in [0.4, 0.5) is 0 Å². The van der Waals surface area contributed by atoms with E-state index in [-0.39, 0.29) is 18.8 Å². The Kier molecular flexibility index (Phi) is 3.87. The quantitative estimate of drug-likeness (QED) is 0.766. The zero-order valence-corrected chi connectivity index (χ0v) is 8.67. The number of aryl methyl sites for hydroxylation is 1. The Hall–Kier alpha value is -0.420. The first-order valence-electron chi connectivity index (χ1n) is 4.13. The van der Waals surface area contributed by atoms with Gasteiger partial charge in [-0.15, -0.1) is 11.3 Å². The molecule has 3 nitrogen and oxygen atoms in total. The third-order valence-corrected chi connectivity index (χ3v) is 3.00. The largest absolute Gasteiger partial charge is 0.395 e. The van der Waals surface area contributed by atoms with E-state index in [9.17, 15) is 0 Å². The van der Waals surface area contributed by atoms with Gasteiger partial charge in [0, 0.05) is 12.0 Å². The normalized spacial score (nSPS) is 15.7. The summed E-state index contributed by atoms with van der Waals surface area (Å²) in [6.45, 7) is 1.96. The lowest BCUT2D eigenvalue weighted by molar-refractivity contribution is 0.0615. The van der Waals surface area contributed by atoms with Crippen LogP contribution in [0.1, 0.15) is 16.5 Å². The van der Waals surface area contributed by atoms with Crippen LogP contribution in [-0.4, -0.2) is 24.9 Å². The first kappa shape index (κ1) is 10.7. The molecule has 0 aliphatic rings. The van der Waals surface area contributed by atoms with Crippen LogP contribution in [-0.2, 0) is 4.74 Å². The van der Waals surface area contributed by atoms with Crippen LogP contribution < -0.4 is 5.73 Å². The SMILES string of the molecule is CO[C@H](c1cc(C)cs1)[C@@H](N)CO. The van der Waals surface area contributed by atoms with Crippen LogP contribution in [0, 0.1) is 6.92 Å². The zero-order valence-electron chi connectivity index (χ0n) is 7.86. The predicted octanol–water partition coefficient (Wildman–Crippen LogP) is 1.06. The lowest BCUT2D eigenvalue weighted by Crippen LogP contribution is -2.32. The molecular weight excluding hydrogens is 186 g/mol. The molecule has 0 amide bonds. The van der Waals surface area contributed by atoms with E-state index >= 15 is 0 Å². The molecule has 0 aliphatic carbocycles. The van der Waals surface area contributed by atoms with E-state index in [4.69, 9.17) is 15.6 Å². The number of hydrogen-bond donors (Lipinski definition) is 2. The molecule has 0 aromatic carbocycles. The van der Waals surface area contributed by atoms with E-state index < -0.39 is 0 Å². The highest BCUT2D eigenvalue weighted by Gasteiger charge is 2.19. The molecule has 1 aromatic heterocycles. The van der Waals surface area contributed by atoms with Gasteiger partial charge in [-0.1, -0.05) is 0 Å². The molecule has 74 valence electrons. The Labute approximate surface area is 82.1 Å². The predicted molar refractivity (Wildman–Crippen MR) is 53.9 cm³/mol. The maximum atomic E-state index is 8.90. The van der Waals surface area contributed by atoms with Gasteiger partial charge in [-0.3, -0.25) is 0 Å². The molecule has 0 unspecified atom stereocenters. The van der Waals surface area contributed by atoms with E-state index in [1.807, 2.05) is 18.4 Å². The van der Waals surface area contributed by atoms with Crippen molar-refractivity contribution in [1.82, 2.24) is 0 Å². The van der Waals surface area contributed by atoms with E-state index in [2.05, 4.69) is 0 Å². The van der Waals surface area contributed by atoms with Gasteiger partial charge in [-0.25, -0.2) is 0 Å². The minimum atomic E-state index is -0.344. The average molecular weight is 201 g/mol. The second-order valence-electron chi connectivity index (χ2n) is 3.03. The van der Waals surface area contributed by atoms with Crippen molar-refractivity contribution in [3.63, 3.8) is 0 Å². The minimum absolute atomic E-state index is 0.0601. The number of aliphatic hydroxyl groups excluding tert-OH is 1. The standard InChI is InChI=1S/C9H15NO2S/c1-6-3-8(13-5-6)9(12-2)7(10)4-11/h3,5,7,9,11H,4,10H2,1-2H3/t7-,9-/m0/s1. The highest BCUT2D eigenvalue weighted by atomic mass is 32.1. The number of aliphatic hydroxyl groups is 1. The molecular formula is C9H15NO2S. The third kappa shape index (κ3) is 2.51. The van der Waals surface area contributed by atoms with Crippen molar-refractivity contribution in [2.75, 3.05) is 13.7 Å². The monoisotopic (exact) mass is 201 g/mol. The topological polar surface area (TPSA) is 55.5 Å².